The summed E-state index contributed by atoms with van der Waals surface area (Å²) in [4.78, 5) is 28.1. The molecule has 11 nitrogen and oxygen atoms in total. The first kappa shape index (κ1) is 31.5. The number of aliphatic hydroxyl groups is 6. The van der Waals surface area contributed by atoms with Gasteiger partial charge in [0.15, 0.2) is 0 Å². The number of carbonyl (C=O) groups is 2. The molecule has 0 aromatic heterocycles. The smallest absolute Gasteiger partial charge is 0.331 e. The molecule has 4 aliphatic carbocycles. The minimum Gasteiger partial charge on any atom is -0.461 e. The first-order chi connectivity index (χ1) is 19.8. The van der Waals surface area contributed by atoms with Gasteiger partial charge in [-0.05, 0) is 92.4 Å². The van der Waals surface area contributed by atoms with Gasteiger partial charge in [-0.25, -0.2) is 4.79 Å². The molecule has 0 amide bonds. The Bertz CT molecular complexity index is 1100. The van der Waals surface area contributed by atoms with Gasteiger partial charge in [-0.2, -0.15) is 0 Å². The molecule has 0 radical (unpaired) electrons. The zero-order valence-electron chi connectivity index (χ0n) is 24.6. The Labute approximate surface area is 246 Å². The van der Waals surface area contributed by atoms with Crippen LogP contribution in [-0.4, -0.2) is 105 Å². The summed E-state index contributed by atoms with van der Waals surface area (Å²) in [6.07, 6.45) is 3.37. The lowest BCUT2D eigenvalue weighted by Crippen LogP contribution is -2.62. The Kier molecular flexibility index (Phi) is 8.93. The molecule has 236 valence electrons. The van der Waals surface area contributed by atoms with Gasteiger partial charge in [-0.15, -0.1) is 0 Å². The second kappa shape index (κ2) is 11.9. The normalized spacial score (nSPS) is 42.5. The number of cyclic esters (lactones) is 1. The molecule has 12 atom stereocenters. The molecule has 42 heavy (non-hydrogen) atoms. The van der Waals surface area contributed by atoms with Crippen molar-refractivity contribution < 1.29 is 49.7 Å². The van der Waals surface area contributed by atoms with Gasteiger partial charge >= 0.3 is 11.9 Å². The van der Waals surface area contributed by atoms with Crippen molar-refractivity contribution in [3.63, 3.8) is 0 Å². The van der Waals surface area contributed by atoms with Crippen molar-refractivity contribution in [1.29, 1.82) is 0 Å². The Morgan fingerprint density at radius 3 is 2.52 bits per heavy atom. The average molecular weight is 594 g/mol. The lowest BCUT2D eigenvalue weighted by Gasteiger charge is -2.63. The van der Waals surface area contributed by atoms with Gasteiger partial charge in [-0.3, -0.25) is 9.79 Å². The standard InChI is InChI=1S/C31H47NO10/c1-29-8-5-19(42-26(37)14-32-13-23(34)27(38)28(39)24(35)15-33)12-18(29)3-4-22-21(29)6-9-30(2)20(7-10-31(22,30)40)17-11-25(36)41-16-17/h11,13,18-24,27-28,33-35,38-40H,3-10,12,14-16H2,1-2H3. The highest BCUT2D eigenvalue weighted by Gasteiger charge is 2.67. The van der Waals surface area contributed by atoms with Crippen molar-refractivity contribution in [2.75, 3.05) is 19.8 Å². The van der Waals surface area contributed by atoms with Gasteiger partial charge in [0.05, 0.1) is 12.2 Å². The van der Waals surface area contributed by atoms with E-state index in [1.807, 2.05) is 0 Å². The van der Waals surface area contributed by atoms with E-state index in [1.54, 1.807) is 6.08 Å². The molecule has 5 rings (SSSR count). The van der Waals surface area contributed by atoms with Crippen molar-refractivity contribution in [1.82, 2.24) is 0 Å². The molecule has 5 aliphatic rings. The number of fused-ring (bicyclic) bond motifs is 5. The van der Waals surface area contributed by atoms with Crippen LogP contribution in [0.4, 0.5) is 0 Å². The molecular formula is C31H47NO10. The topological polar surface area (TPSA) is 186 Å². The third kappa shape index (κ3) is 5.34. The van der Waals surface area contributed by atoms with E-state index in [1.165, 1.54) is 0 Å². The largest absolute Gasteiger partial charge is 0.461 e. The Hall–Kier alpha value is -1.89. The highest BCUT2D eigenvalue weighted by molar-refractivity contribution is 5.85. The molecule has 1 aliphatic heterocycles. The number of carbonyl (C=O) groups excluding carboxylic acids is 2. The summed E-state index contributed by atoms with van der Waals surface area (Å²) in [6.45, 7) is 3.78. The van der Waals surface area contributed by atoms with E-state index in [9.17, 15) is 35.1 Å². The first-order valence-electron chi connectivity index (χ1n) is 15.5. The molecule has 4 saturated carbocycles. The molecular weight excluding hydrogens is 546 g/mol. The van der Waals surface area contributed by atoms with E-state index in [4.69, 9.17) is 14.6 Å². The van der Waals surface area contributed by atoms with Crippen LogP contribution < -0.4 is 0 Å². The summed E-state index contributed by atoms with van der Waals surface area (Å²) >= 11 is 0. The van der Waals surface area contributed by atoms with Crippen LogP contribution in [0.5, 0.6) is 0 Å². The van der Waals surface area contributed by atoms with Crippen molar-refractivity contribution in [3.8, 4) is 0 Å². The van der Waals surface area contributed by atoms with Crippen molar-refractivity contribution in [2.45, 2.75) is 108 Å². The lowest BCUT2D eigenvalue weighted by atomic mass is 9.43. The number of nitrogens with zero attached hydrogens (tertiary/aromatic N) is 1. The summed E-state index contributed by atoms with van der Waals surface area (Å²) in [7, 11) is 0. The second-order valence-corrected chi connectivity index (χ2v) is 13.9. The van der Waals surface area contributed by atoms with Crippen LogP contribution in [0.25, 0.3) is 0 Å². The summed E-state index contributed by atoms with van der Waals surface area (Å²) in [5, 5.41) is 60.2. The van der Waals surface area contributed by atoms with Gasteiger partial charge in [-0.1, -0.05) is 13.8 Å². The monoisotopic (exact) mass is 593 g/mol. The van der Waals surface area contributed by atoms with Crippen molar-refractivity contribution in [3.05, 3.63) is 11.6 Å². The van der Waals surface area contributed by atoms with Crippen LogP contribution in [0.15, 0.2) is 16.6 Å². The molecule has 1 heterocycles. The Morgan fingerprint density at radius 1 is 1.07 bits per heavy atom. The van der Waals surface area contributed by atoms with E-state index in [0.717, 1.165) is 69.6 Å². The molecule has 6 N–H and O–H groups in total. The molecule has 0 saturated heterocycles. The molecule has 0 aromatic rings. The fraction of sp³-hybridized carbons (Fsp3) is 0.839. The molecule has 12 unspecified atom stereocenters. The molecule has 11 heteroatoms. The van der Waals surface area contributed by atoms with Crippen LogP contribution in [0.3, 0.4) is 0 Å². The fourth-order valence-electron chi connectivity index (χ4n) is 9.56. The minimum absolute atomic E-state index is 0.0467. The van der Waals surface area contributed by atoms with Gasteiger partial charge in [0.25, 0.3) is 0 Å². The SMILES string of the molecule is CC12CCC(OC(=O)CN=CC(O)C(O)C(O)C(O)CO)CC1CCC1C2CCC2(C)C(C3=CC(=O)OC3)CCC12O. The predicted octanol–water partition coefficient (Wildman–Crippen LogP) is 0.662. The number of rotatable bonds is 9. The maximum Gasteiger partial charge on any atom is 0.331 e. The summed E-state index contributed by atoms with van der Waals surface area (Å²) < 4.78 is 11.0. The number of aliphatic hydroxyl groups excluding tert-OH is 5. The summed E-state index contributed by atoms with van der Waals surface area (Å²) in [5.41, 5.74) is 0.0370. The van der Waals surface area contributed by atoms with Crippen LogP contribution in [-0.2, 0) is 19.1 Å². The number of esters is 2. The number of aliphatic imine (C=N–C) groups is 1. The van der Waals surface area contributed by atoms with Crippen LogP contribution in [0.1, 0.15) is 71.6 Å². The zero-order valence-corrected chi connectivity index (χ0v) is 24.6. The predicted molar refractivity (Wildman–Crippen MR) is 150 cm³/mol. The van der Waals surface area contributed by atoms with Gasteiger partial charge in [0, 0.05) is 17.7 Å². The molecule has 4 fully saturated rings. The number of hydrogen-bond acceptors (Lipinski definition) is 11. The van der Waals surface area contributed by atoms with E-state index < -0.39 is 42.6 Å². The van der Waals surface area contributed by atoms with E-state index >= 15 is 0 Å². The third-order valence-electron chi connectivity index (χ3n) is 12.0. The van der Waals surface area contributed by atoms with Crippen LogP contribution in [0.2, 0.25) is 0 Å². The third-order valence-corrected chi connectivity index (χ3v) is 12.0. The van der Waals surface area contributed by atoms with Crippen molar-refractivity contribution >= 4 is 18.2 Å². The number of ether oxygens (including phenoxy) is 2. The highest BCUT2D eigenvalue weighted by atomic mass is 16.5. The van der Waals surface area contributed by atoms with Crippen LogP contribution in [0, 0.1) is 34.5 Å². The molecule has 0 aromatic carbocycles. The van der Waals surface area contributed by atoms with Crippen LogP contribution >= 0.6 is 0 Å². The lowest BCUT2D eigenvalue weighted by molar-refractivity contribution is -0.210. The van der Waals surface area contributed by atoms with E-state index in [2.05, 4.69) is 18.8 Å². The number of hydrogen-bond donors (Lipinski definition) is 6. The van der Waals surface area contributed by atoms with E-state index in [0.29, 0.717) is 18.4 Å². The fourth-order valence-corrected chi connectivity index (χ4v) is 9.56. The quantitative estimate of drug-likeness (QED) is 0.164. The van der Waals surface area contributed by atoms with Crippen molar-refractivity contribution in [2.24, 2.45) is 39.5 Å². The minimum atomic E-state index is -1.78. The highest BCUT2D eigenvalue weighted by Crippen LogP contribution is 2.70. The second-order valence-electron chi connectivity index (χ2n) is 13.9. The van der Waals surface area contributed by atoms with Gasteiger partial charge < -0.3 is 40.1 Å². The zero-order chi connectivity index (χ0) is 30.4. The Morgan fingerprint density at radius 2 is 1.83 bits per heavy atom. The summed E-state index contributed by atoms with van der Waals surface area (Å²) in [5.74, 6) is 0.306. The maximum absolute atomic E-state index is 12.5. The Balaban J connectivity index is 1.17. The first-order valence-corrected chi connectivity index (χ1v) is 15.5. The summed E-state index contributed by atoms with van der Waals surface area (Å²) in [6, 6.07) is 0. The van der Waals surface area contributed by atoms with Gasteiger partial charge in [0.1, 0.15) is 43.7 Å². The molecule has 0 bridgehead atoms. The maximum atomic E-state index is 12.5. The molecule has 0 spiro atoms. The van der Waals surface area contributed by atoms with E-state index in [-0.39, 0.29) is 41.3 Å². The van der Waals surface area contributed by atoms with Gasteiger partial charge in [0.2, 0.25) is 0 Å². The average Bonchev–Trinajstić information content (AvgIpc) is 3.51.